The van der Waals surface area contributed by atoms with Crippen LogP contribution in [0.4, 0.5) is 43.9 Å². The van der Waals surface area contributed by atoms with Gasteiger partial charge in [-0.3, -0.25) is 0 Å². The zero-order chi connectivity index (χ0) is 17.7. The van der Waals surface area contributed by atoms with Gasteiger partial charge >= 0.3 is 24.2 Å². The van der Waals surface area contributed by atoms with E-state index in [1.165, 1.54) is 0 Å². The minimum absolute atomic E-state index is 0.117. The summed E-state index contributed by atoms with van der Waals surface area (Å²) in [6.07, 6.45) is -18.1. The molecule has 0 nitrogen and oxygen atoms in total. The van der Waals surface area contributed by atoms with Crippen LogP contribution in [0, 0.1) is 13.8 Å². The number of alkyl halides is 10. The van der Waals surface area contributed by atoms with Gasteiger partial charge in [-0.2, -0.15) is 39.5 Å². The molecule has 10 heteroatoms. The maximum atomic E-state index is 13.8. The fourth-order valence-corrected chi connectivity index (χ4v) is 1.84. The molecule has 0 amide bonds. The van der Waals surface area contributed by atoms with Gasteiger partial charge in [-0.25, -0.2) is 4.39 Å². The smallest absolute Gasteiger partial charge is 0.218 e. The normalized spacial score (nSPS) is 14.4. The first-order valence-corrected chi connectivity index (χ1v) is 5.54. The van der Waals surface area contributed by atoms with Gasteiger partial charge in [0.2, 0.25) is 0 Å². The first-order valence-electron chi connectivity index (χ1n) is 5.54. The fraction of sp³-hybridized carbons (Fsp3) is 0.500. The van der Waals surface area contributed by atoms with Crippen LogP contribution in [-0.4, -0.2) is 12.4 Å². The van der Waals surface area contributed by atoms with Crippen molar-refractivity contribution in [2.24, 2.45) is 0 Å². The maximum absolute atomic E-state index is 13.8. The highest BCUT2D eigenvalue weighted by atomic mass is 19.4. The van der Waals surface area contributed by atoms with Crippen LogP contribution >= 0.6 is 0 Å². The van der Waals surface area contributed by atoms with Gasteiger partial charge in [0.05, 0.1) is 5.56 Å². The summed E-state index contributed by atoms with van der Waals surface area (Å²) < 4.78 is 127. The lowest BCUT2D eigenvalue weighted by atomic mass is 9.88. The van der Waals surface area contributed by atoms with Gasteiger partial charge in [0.25, 0.3) is 0 Å². The quantitative estimate of drug-likeness (QED) is 0.582. The number of hydrogen-bond acceptors (Lipinski definition) is 0. The molecule has 0 aliphatic carbocycles. The second-order valence-corrected chi connectivity index (χ2v) is 4.62. The Morgan fingerprint density at radius 1 is 0.682 bits per heavy atom. The van der Waals surface area contributed by atoms with Gasteiger partial charge in [0.15, 0.2) is 0 Å². The van der Waals surface area contributed by atoms with E-state index in [4.69, 9.17) is 0 Å². The first kappa shape index (κ1) is 18.6. The van der Waals surface area contributed by atoms with Crippen LogP contribution < -0.4 is 0 Å². The van der Waals surface area contributed by atoms with E-state index in [9.17, 15) is 43.9 Å². The number of aryl methyl sites for hydroxylation is 1. The molecule has 0 spiro atoms. The van der Waals surface area contributed by atoms with Crippen LogP contribution in [0.3, 0.4) is 0 Å². The fourth-order valence-electron chi connectivity index (χ4n) is 1.84. The van der Waals surface area contributed by atoms with Gasteiger partial charge in [-0.05, 0) is 31.0 Å². The summed E-state index contributed by atoms with van der Waals surface area (Å²) in [5, 5.41) is 0. The van der Waals surface area contributed by atoms with Crippen LogP contribution in [0.2, 0.25) is 0 Å². The second kappa shape index (κ2) is 5.02. The molecule has 0 bridgehead atoms. The molecule has 0 saturated heterocycles. The minimum atomic E-state index is -6.46. The van der Waals surface area contributed by atoms with E-state index in [2.05, 4.69) is 0 Å². The van der Waals surface area contributed by atoms with E-state index < -0.39 is 52.5 Å². The van der Waals surface area contributed by atoms with Crippen molar-refractivity contribution in [3.05, 3.63) is 34.4 Å². The van der Waals surface area contributed by atoms with Crippen molar-refractivity contribution >= 4 is 0 Å². The van der Waals surface area contributed by atoms with Crippen LogP contribution in [0.1, 0.15) is 22.3 Å². The zero-order valence-corrected chi connectivity index (χ0v) is 10.9. The largest absolute Gasteiger partial charge is 0.435 e. The minimum Gasteiger partial charge on any atom is -0.218 e. The van der Waals surface area contributed by atoms with Crippen LogP contribution in [0.25, 0.3) is 0 Å². The summed E-state index contributed by atoms with van der Waals surface area (Å²) in [6.45, 7) is 1.73. The molecule has 1 aromatic rings. The Kier molecular flexibility index (Phi) is 4.24. The molecule has 1 rings (SSSR count). The zero-order valence-electron chi connectivity index (χ0n) is 10.9. The van der Waals surface area contributed by atoms with Crippen molar-refractivity contribution in [3.63, 3.8) is 0 Å². The Hall–Kier alpha value is -1.48. The van der Waals surface area contributed by atoms with E-state index >= 15 is 0 Å². The molecule has 22 heavy (non-hydrogen) atoms. The lowest BCUT2D eigenvalue weighted by Gasteiger charge is -2.31. The van der Waals surface area contributed by atoms with Gasteiger partial charge in [-0.15, -0.1) is 0 Å². The third-order valence-electron chi connectivity index (χ3n) is 3.15. The van der Waals surface area contributed by atoms with E-state index in [1.54, 1.807) is 0 Å². The van der Waals surface area contributed by atoms with Gasteiger partial charge < -0.3 is 0 Å². The van der Waals surface area contributed by atoms with Gasteiger partial charge in [0, 0.05) is 5.56 Å². The highest BCUT2D eigenvalue weighted by Crippen LogP contribution is 2.54. The first-order chi connectivity index (χ1) is 9.53. The van der Waals surface area contributed by atoms with E-state index in [0.717, 1.165) is 13.8 Å². The van der Waals surface area contributed by atoms with Crippen molar-refractivity contribution in [2.45, 2.75) is 38.0 Å². The SMILES string of the molecule is Cc1cc(C(F)(C(F)(F)F)C(F)(F)F)cc(C(F)(F)F)c1C. The molecule has 1 aromatic carbocycles. The van der Waals surface area contributed by atoms with Crippen LogP contribution in [0.15, 0.2) is 12.1 Å². The maximum Gasteiger partial charge on any atom is 0.435 e. The Bertz CT molecular complexity index is 547. The summed E-state index contributed by atoms with van der Waals surface area (Å²) >= 11 is 0. The molecule has 0 unspecified atom stereocenters. The topological polar surface area (TPSA) is 0 Å². The molecule has 0 aromatic heterocycles. The third kappa shape index (κ3) is 2.87. The summed E-state index contributed by atoms with van der Waals surface area (Å²) in [6, 6.07) is -0.338. The molecule has 0 radical (unpaired) electrons. The third-order valence-corrected chi connectivity index (χ3v) is 3.15. The number of rotatable bonds is 1. The lowest BCUT2D eigenvalue weighted by Crippen LogP contribution is -2.50. The molecular weight excluding hydrogens is 334 g/mol. The van der Waals surface area contributed by atoms with Crippen molar-refractivity contribution in [2.75, 3.05) is 0 Å². The second-order valence-electron chi connectivity index (χ2n) is 4.62. The standard InChI is InChI=1S/C12H8F10/c1-5-3-7(4-8(6(5)2)10(14,15)16)9(13,11(17,18)19)12(20,21)22/h3-4H,1-2H3. The summed E-state index contributed by atoms with van der Waals surface area (Å²) in [5.41, 5.74) is -10.9. The number of halogens is 10. The van der Waals surface area contributed by atoms with Gasteiger partial charge in [0.1, 0.15) is 0 Å². The monoisotopic (exact) mass is 342 g/mol. The molecule has 0 fully saturated rings. The highest BCUT2D eigenvalue weighted by Gasteiger charge is 2.73. The predicted octanol–water partition coefficient (Wildman–Crippen LogP) is 5.61. The van der Waals surface area contributed by atoms with E-state index in [1.807, 2.05) is 0 Å². The summed E-state index contributed by atoms with van der Waals surface area (Å²) in [7, 11) is 0. The van der Waals surface area contributed by atoms with Crippen molar-refractivity contribution in [1.82, 2.24) is 0 Å². The van der Waals surface area contributed by atoms with Crippen molar-refractivity contribution in [1.29, 1.82) is 0 Å². The molecule has 126 valence electrons. The highest BCUT2D eigenvalue weighted by molar-refractivity contribution is 5.42. The van der Waals surface area contributed by atoms with E-state index in [0.29, 0.717) is 0 Å². The Morgan fingerprint density at radius 2 is 1.09 bits per heavy atom. The summed E-state index contributed by atoms with van der Waals surface area (Å²) in [4.78, 5) is 0. The van der Waals surface area contributed by atoms with Gasteiger partial charge in [-0.1, -0.05) is 6.07 Å². The molecule has 0 heterocycles. The van der Waals surface area contributed by atoms with Crippen molar-refractivity contribution in [3.8, 4) is 0 Å². The van der Waals surface area contributed by atoms with Crippen LogP contribution in [0.5, 0.6) is 0 Å². The molecule has 0 aliphatic heterocycles. The van der Waals surface area contributed by atoms with Crippen LogP contribution in [-0.2, 0) is 11.8 Å². The molecule has 0 atom stereocenters. The van der Waals surface area contributed by atoms with E-state index in [-0.39, 0.29) is 6.07 Å². The summed E-state index contributed by atoms with van der Waals surface area (Å²) in [5.74, 6) is 0. The molecule has 0 aliphatic rings. The Morgan fingerprint density at radius 3 is 1.41 bits per heavy atom. The molecular formula is C12H8F10. The average Bonchev–Trinajstić information content (AvgIpc) is 2.26. The Labute approximate surface area is 117 Å². The molecule has 0 N–H and O–H groups in total. The number of hydrogen-bond donors (Lipinski definition) is 0. The lowest BCUT2D eigenvalue weighted by molar-refractivity contribution is -0.348. The van der Waals surface area contributed by atoms with Crippen molar-refractivity contribution < 1.29 is 43.9 Å². The predicted molar refractivity (Wildman–Crippen MR) is 55.8 cm³/mol. The Balaban J connectivity index is 3.78. The molecule has 0 saturated carbocycles. The number of benzene rings is 1. The average molecular weight is 342 g/mol.